The standard InChI is InChI=1S/C16H15N3O2S/c1-10-8-13-15(22-10)17-11(2)19(16(13)21)9-14(20)18-12-6-4-3-5-7-12/h3-8H,9H2,1-2H3,(H,18,20). The van der Waals surface area contributed by atoms with Crippen molar-refractivity contribution in [3.8, 4) is 0 Å². The molecular weight excluding hydrogens is 298 g/mol. The monoisotopic (exact) mass is 313 g/mol. The molecule has 3 aromatic rings. The maximum atomic E-state index is 12.5. The number of thiophene rings is 1. The summed E-state index contributed by atoms with van der Waals surface area (Å²) < 4.78 is 1.41. The number of nitrogens with one attached hydrogen (secondary N) is 1. The lowest BCUT2D eigenvalue weighted by Gasteiger charge is -2.10. The third-order valence-electron chi connectivity index (χ3n) is 3.32. The van der Waals surface area contributed by atoms with Gasteiger partial charge >= 0.3 is 0 Å². The molecule has 2 aromatic heterocycles. The highest BCUT2D eigenvalue weighted by Gasteiger charge is 2.13. The van der Waals surface area contributed by atoms with Gasteiger partial charge in [0.2, 0.25) is 5.91 Å². The van der Waals surface area contributed by atoms with Crippen LogP contribution in [0.5, 0.6) is 0 Å². The molecule has 0 unspecified atom stereocenters. The molecule has 0 radical (unpaired) electrons. The van der Waals surface area contributed by atoms with E-state index in [1.807, 2.05) is 31.2 Å². The molecule has 0 aliphatic rings. The zero-order valence-electron chi connectivity index (χ0n) is 12.3. The van der Waals surface area contributed by atoms with Gasteiger partial charge < -0.3 is 5.32 Å². The molecule has 0 saturated heterocycles. The fourth-order valence-electron chi connectivity index (χ4n) is 2.29. The minimum Gasteiger partial charge on any atom is -0.325 e. The van der Waals surface area contributed by atoms with Crippen molar-refractivity contribution in [2.45, 2.75) is 20.4 Å². The van der Waals surface area contributed by atoms with E-state index in [1.165, 1.54) is 15.9 Å². The van der Waals surface area contributed by atoms with Gasteiger partial charge in [0.25, 0.3) is 5.56 Å². The third kappa shape index (κ3) is 2.78. The van der Waals surface area contributed by atoms with Gasteiger partial charge in [0.1, 0.15) is 17.2 Å². The molecule has 0 saturated carbocycles. The predicted molar refractivity (Wildman–Crippen MR) is 88.4 cm³/mol. The Morgan fingerprint density at radius 2 is 2.00 bits per heavy atom. The Balaban J connectivity index is 1.90. The lowest BCUT2D eigenvalue weighted by atomic mass is 10.3. The molecule has 3 rings (SSSR count). The van der Waals surface area contributed by atoms with E-state index in [4.69, 9.17) is 0 Å². The SMILES string of the molecule is Cc1cc2c(=O)n(CC(=O)Nc3ccccc3)c(C)nc2s1. The van der Waals surface area contributed by atoms with E-state index in [0.717, 1.165) is 9.71 Å². The number of nitrogens with zero attached hydrogens (tertiary/aromatic N) is 2. The number of benzene rings is 1. The second-order valence-electron chi connectivity index (χ2n) is 5.04. The summed E-state index contributed by atoms with van der Waals surface area (Å²) in [6, 6.07) is 11.0. The normalized spacial score (nSPS) is 10.8. The summed E-state index contributed by atoms with van der Waals surface area (Å²) in [6.07, 6.45) is 0. The molecule has 22 heavy (non-hydrogen) atoms. The molecule has 2 heterocycles. The first-order valence-corrected chi connectivity index (χ1v) is 7.69. The number of amides is 1. The van der Waals surface area contributed by atoms with Gasteiger partial charge in [-0.15, -0.1) is 11.3 Å². The zero-order valence-corrected chi connectivity index (χ0v) is 13.1. The van der Waals surface area contributed by atoms with Crippen molar-refractivity contribution in [3.63, 3.8) is 0 Å². The molecule has 6 heteroatoms. The van der Waals surface area contributed by atoms with Crippen molar-refractivity contribution in [2.24, 2.45) is 0 Å². The average molecular weight is 313 g/mol. The Kier molecular flexibility index (Phi) is 3.77. The minimum atomic E-state index is -0.246. The van der Waals surface area contributed by atoms with Gasteiger partial charge in [0.05, 0.1) is 5.39 Å². The lowest BCUT2D eigenvalue weighted by molar-refractivity contribution is -0.116. The van der Waals surface area contributed by atoms with Crippen molar-refractivity contribution in [1.29, 1.82) is 0 Å². The van der Waals surface area contributed by atoms with Gasteiger partial charge in [0, 0.05) is 10.6 Å². The van der Waals surface area contributed by atoms with Crippen LogP contribution in [0.4, 0.5) is 5.69 Å². The van der Waals surface area contributed by atoms with Crippen LogP contribution in [0.15, 0.2) is 41.2 Å². The third-order valence-corrected chi connectivity index (χ3v) is 4.27. The second kappa shape index (κ2) is 5.73. The number of rotatable bonds is 3. The Bertz CT molecular complexity index is 897. The van der Waals surface area contributed by atoms with Crippen molar-refractivity contribution < 1.29 is 4.79 Å². The molecule has 5 nitrogen and oxygen atoms in total. The Hall–Kier alpha value is -2.47. The van der Waals surface area contributed by atoms with Crippen LogP contribution in [-0.2, 0) is 11.3 Å². The first kappa shape index (κ1) is 14.5. The molecule has 0 bridgehead atoms. The molecule has 0 aliphatic carbocycles. The largest absolute Gasteiger partial charge is 0.325 e. The van der Waals surface area contributed by atoms with Gasteiger partial charge in [-0.25, -0.2) is 4.98 Å². The number of para-hydroxylation sites is 1. The van der Waals surface area contributed by atoms with Gasteiger partial charge in [-0.1, -0.05) is 18.2 Å². The summed E-state index contributed by atoms with van der Waals surface area (Å²) in [5.41, 5.74) is 0.536. The van der Waals surface area contributed by atoms with Crippen LogP contribution in [0.1, 0.15) is 10.7 Å². The van der Waals surface area contributed by atoms with Crippen LogP contribution in [0.25, 0.3) is 10.2 Å². The van der Waals surface area contributed by atoms with Crippen LogP contribution < -0.4 is 10.9 Å². The highest BCUT2D eigenvalue weighted by molar-refractivity contribution is 7.18. The number of aromatic nitrogens is 2. The number of aryl methyl sites for hydroxylation is 2. The average Bonchev–Trinajstić information content (AvgIpc) is 2.85. The van der Waals surface area contributed by atoms with Gasteiger partial charge in [-0.2, -0.15) is 0 Å². The fraction of sp³-hybridized carbons (Fsp3) is 0.188. The topological polar surface area (TPSA) is 64.0 Å². The number of fused-ring (bicyclic) bond motifs is 1. The van der Waals surface area contributed by atoms with Crippen molar-refractivity contribution in [1.82, 2.24) is 9.55 Å². The first-order valence-electron chi connectivity index (χ1n) is 6.87. The number of carbonyl (C=O) groups is 1. The summed E-state index contributed by atoms with van der Waals surface area (Å²) in [4.78, 5) is 30.8. The molecule has 0 aliphatic heterocycles. The highest BCUT2D eigenvalue weighted by Crippen LogP contribution is 2.20. The summed E-state index contributed by atoms with van der Waals surface area (Å²) in [6.45, 7) is 3.64. The maximum absolute atomic E-state index is 12.5. The van der Waals surface area contributed by atoms with E-state index < -0.39 is 0 Å². The van der Waals surface area contributed by atoms with E-state index in [1.54, 1.807) is 19.1 Å². The first-order chi connectivity index (χ1) is 10.5. The second-order valence-corrected chi connectivity index (χ2v) is 6.28. The van der Waals surface area contributed by atoms with E-state index >= 15 is 0 Å². The zero-order chi connectivity index (χ0) is 15.7. The minimum absolute atomic E-state index is 0.0443. The highest BCUT2D eigenvalue weighted by atomic mass is 32.1. The van der Waals surface area contributed by atoms with E-state index in [-0.39, 0.29) is 18.0 Å². The number of hydrogen-bond donors (Lipinski definition) is 1. The number of carbonyl (C=O) groups excluding carboxylic acids is 1. The van der Waals surface area contributed by atoms with E-state index in [2.05, 4.69) is 10.3 Å². The summed E-state index contributed by atoms with van der Waals surface area (Å²) in [5.74, 6) is 0.298. The van der Waals surface area contributed by atoms with Gasteiger partial charge in [0.15, 0.2) is 0 Å². The lowest BCUT2D eigenvalue weighted by Crippen LogP contribution is -2.29. The van der Waals surface area contributed by atoms with Crippen LogP contribution in [0, 0.1) is 13.8 Å². The van der Waals surface area contributed by atoms with Crippen molar-refractivity contribution in [2.75, 3.05) is 5.32 Å². The smallest absolute Gasteiger partial charge is 0.262 e. The van der Waals surface area contributed by atoms with Gasteiger partial charge in [-0.3, -0.25) is 14.2 Å². The molecule has 0 spiro atoms. The van der Waals surface area contributed by atoms with Gasteiger partial charge in [-0.05, 0) is 32.0 Å². The van der Waals surface area contributed by atoms with E-state index in [9.17, 15) is 9.59 Å². The van der Waals surface area contributed by atoms with Crippen LogP contribution >= 0.6 is 11.3 Å². The summed E-state index contributed by atoms with van der Waals surface area (Å²) in [5, 5.41) is 3.34. The fourth-order valence-corrected chi connectivity index (χ4v) is 3.21. The van der Waals surface area contributed by atoms with E-state index in [0.29, 0.717) is 16.9 Å². The predicted octanol–water partition coefficient (Wildman–Crippen LogP) is 2.71. The van der Waals surface area contributed by atoms with Crippen molar-refractivity contribution in [3.05, 3.63) is 57.5 Å². The Morgan fingerprint density at radius 3 is 2.73 bits per heavy atom. The molecule has 0 atom stereocenters. The summed E-state index contributed by atoms with van der Waals surface area (Å²) >= 11 is 1.49. The number of anilines is 1. The Labute approximate surface area is 131 Å². The number of hydrogen-bond acceptors (Lipinski definition) is 4. The molecule has 1 amide bonds. The summed E-state index contributed by atoms with van der Waals surface area (Å²) in [7, 11) is 0. The van der Waals surface area contributed by atoms with Crippen LogP contribution in [0.2, 0.25) is 0 Å². The Morgan fingerprint density at radius 1 is 1.27 bits per heavy atom. The molecule has 0 fully saturated rings. The molecule has 1 N–H and O–H groups in total. The quantitative estimate of drug-likeness (QED) is 0.808. The molecule has 1 aromatic carbocycles. The van der Waals surface area contributed by atoms with Crippen LogP contribution in [-0.4, -0.2) is 15.5 Å². The van der Waals surface area contributed by atoms with Crippen molar-refractivity contribution >= 4 is 33.1 Å². The molecular formula is C16H15N3O2S. The molecule has 112 valence electrons. The maximum Gasteiger partial charge on any atom is 0.262 e. The van der Waals surface area contributed by atoms with Crippen LogP contribution in [0.3, 0.4) is 0 Å².